The zero-order valence-corrected chi connectivity index (χ0v) is 7.21. The molecule has 2 saturated heterocycles. The van der Waals surface area contributed by atoms with Gasteiger partial charge in [0.1, 0.15) is 0 Å². The third-order valence-electron chi connectivity index (χ3n) is 2.84. The fourth-order valence-electron chi connectivity index (χ4n) is 2.12. The van der Waals surface area contributed by atoms with Gasteiger partial charge in [0.05, 0.1) is 12.7 Å². The van der Waals surface area contributed by atoms with Crippen LogP contribution in [0.2, 0.25) is 0 Å². The molecule has 0 aromatic heterocycles. The molecular weight excluding hydrogens is 140 g/mol. The van der Waals surface area contributed by atoms with Crippen LogP contribution in [0.4, 0.5) is 0 Å². The Kier molecular flexibility index (Phi) is 1.87. The minimum absolute atomic E-state index is 0.488. The van der Waals surface area contributed by atoms with E-state index >= 15 is 0 Å². The Morgan fingerprint density at radius 3 is 2.91 bits per heavy atom. The summed E-state index contributed by atoms with van der Waals surface area (Å²) in [4.78, 5) is 2.28. The van der Waals surface area contributed by atoms with E-state index in [9.17, 15) is 0 Å². The zero-order chi connectivity index (χ0) is 7.84. The van der Waals surface area contributed by atoms with Gasteiger partial charge in [-0.3, -0.25) is 0 Å². The van der Waals surface area contributed by atoms with E-state index in [-0.39, 0.29) is 0 Å². The molecule has 2 heterocycles. The Bertz CT molecular complexity index is 149. The molecule has 0 aromatic rings. The Morgan fingerprint density at radius 1 is 1.36 bits per heavy atom. The number of hydrogen-bond acceptors (Lipinski definition) is 3. The summed E-state index contributed by atoms with van der Waals surface area (Å²) in [6.45, 7) is 3.10. The third-order valence-corrected chi connectivity index (χ3v) is 2.84. The maximum Gasteiger partial charge on any atom is 0.0756 e. The summed E-state index contributed by atoms with van der Waals surface area (Å²) in [5.41, 5.74) is 0. The number of hydrogen-bond donors (Lipinski definition) is 1. The van der Waals surface area contributed by atoms with Gasteiger partial charge in [0, 0.05) is 25.0 Å². The first-order chi connectivity index (χ1) is 5.29. The molecule has 2 rings (SSSR count). The lowest BCUT2D eigenvalue weighted by Gasteiger charge is -2.22. The molecule has 0 spiro atoms. The van der Waals surface area contributed by atoms with Crippen molar-refractivity contribution < 1.29 is 4.74 Å². The van der Waals surface area contributed by atoms with E-state index in [1.807, 2.05) is 0 Å². The van der Waals surface area contributed by atoms with Gasteiger partial charge in [0.25, 0.3) is 0 Å². The number of nitrogens with one attached hydrogen (secondary N) is 1. The van der Waals surface area contributed by atoms with Crippen molar-refractivity contribution in [2.45, 2.75) is 12.1 Å². The van der Waals surface area contributed by atoms with Crippen LogP contribution in [0, 0.1) is 5.92 Å². The Balaban J connectivity index is 2.03. The summed E-state index contributed by atoms with van der Waals surface area (Å²) in [5, 5.41) is 3.36. The van der Waals surface area contributed by atoms with Crippen LogP contribution in [0.1, 0.15) is 0 Å². The van der Waals surface area contributed by atoms with Gasteiger partial charge in [-0.15, -0.1) is 0 Å². The first-order valence-corrected chi connectivity index (χ1v) is 4.28. The van der Waals surface area contributed by atoms with Crippen LogP contribution < -0.4 is 5.32 Å². The summed E-state index contributed by atoms with van der Waals surface area (Å²) in [6, 6.07) is 0.634. The highest BCUT2D eigenvalue weighted by Gasteiger charge is 2.41. The molecule has 64 valence electrons. The monoisotopic (exact) mass is 156 g/mol. The summed E-state index contributed by atoms with van der Waals surface area (Å²) >= 11 is 0. The predicted octanol–water partition coefficient (Wildman–Crippen LogP) is -0.465. The van der Waals surface area contributed by atoms with Crippen LogP contribution in [0.25, 0.3) is 0 Å². The lowest BCUT2D eigenvalue weighted by molar-refractivity contribution is 0.106. The summed E-state index contributed by atoms with van der Waals surface area (Å²) in [6.07, 6.45) is 0.488. The Labute approximate surface area is 67.7 Å². The van der Waals surface area contributed by atoms with Crippen molar-refractivity contribution in [1.29, 1.82) is 0 Å². The van der Waals surface area contributed by atoms with E-state index < -0.39 is 0 Å². The minimum atomic E-state index is 0.488. The quantitative estimate of drug-likeness (QED) is 0.556. The molecule has 2 fully saturated rings. The molecule has 11 heavy (non-hydrogen) atoms. The number of likely N-dealkylation sites (N-methyl/N-ethyl adjacent to an activating group) is 1. The average molecular weight is 156 g/mol. The maximum absolute atomic E-state index is 5.65. The van der Waals surface area contributed by atoms with Gasteiger partial charge >= 0.3 is 0 Å². The lowest BCUT2D eigenvalue weighted by atomic mass is 10.00. The molecule has 3 atom stereocenters. The first-order valence-electron chi connectivity index (χ1n) is 4.28. The van der Waals surface area contributed by atoms with Crippen molar-refractivity contribution in [3.05, 3.63) is 0 Å². The number of fused-ring (bicyclic) bond motifs is 1. The van der Waals surface area contributed by atoms with Crippen molar-refractivity contribution in [2.24, 2.45) is 5.92 Å². The van der Waals surface area contributed by atoms with Crippen LogP contribution >= 0.6 is 0 Å². The fourth-order valence-corrected chi connectivity index (χ4v) is 2.12. The number of rotatable bonds is 1. The van der Waals surface area contributed by atoms with Gasteiger partial charge in [-0.05, 0) is 14.1 Å². The number of nitrogens with zero attached hydrogens (tertiary/aromatic N) is 1. The van der Waals surface area contributed by atoms with Gasteiger partial charge in [-0.1, -0.05) is 0 Å². The van der Waals surface area contributed by atoms with E-state index in [0.29, 0.717) is 12.1 Å². The van der Waals surface area contributed by atoms with Crippen molar-refractivity contribution >= 4 is 0 Å². The average Bonchev–Trinajstić information content (AvgIpc) is 2.41. The SMILES string of the molecule is CN(C)C1COC2CNCC21. The normalized spacial score (nSPS) is 43.4. The van der Waals surface area contributed by atoms with Crippen molar-refractivity contribution in [3.63, 3.8) is 0 Å². The van der Waals surface area contributed by atoms with Gasteiger partial charge in [-0.25, -0.2) is 0 Å². The van der Waals surface area contributed by atoms with E-state index in [1.54, 1.807) is 0 Å². The van der Waals surface area contributed by atoms with Crippen LogP contribution in [-0.2, 0) is 4.74 Å². The fraction of sp³-hybridized carbons (Fsp3) is 1.00. The molecule has 0 amide bonds. The Morgan fingerprint density at radius 2 is 2.18 bits per heavy atom. The predicted molar refractivity (Wildman–Crippen MR) is 43.6 cm³/mol. The molecule has 0 aromatic carbocycles. The van der Waals surface area contributed by atoms with Crippen molar-refractivity contribution in [3.8, 4) is 0 Å². The van der Waals surface area contributed by atoms with Gasteiger partial charge in [-0.2, -0.15) is 0 Å². The van der Waals surface area contributed by atoms with Crippen molar-refractivity contribution in [1.82, 2.24) is 10.2 Å². The Hall–Kier alpha value is -0.120. The molecule has 0 bridgehead atoms. The summed E-state index contributed by atoms with van der Waals surface area (Å²) in [7, 11) is 4.27. The lowest BCUT2D eigenvalue weighted by Crippen LogP contribution is -2.36. The highest BCUT2D eigenvalue weighted by molar-refractivity contribution is 4.95. The van der Waals surface area contributed by atoms with Gasteiger partial charge in [0.15, 0.2) is 0 Å². The molecule has 3 unspecified atom stereocenters. The minimum Gasteiger partial charge on any atom is -0.375 e. The van der Waals surface area contributed by atoms with E-state index in [1.165, 1.54) is 0 Å². The first kappa shape index (κ1) is 7.53. The van der Waals surface area contributed by atoms with Crippen LogP contribution in [0.15, 0.2) is 0 Å². The van der Waals surface area contributed by atoms with Gasteiger partial charge < -0.3 is 15.0 Å². The maximum atomic E-state index is 5.65. The zero-order valence-electron chi connectivity index (χ0n) is 7.21. The second kappa shape index (κ2) is 2.73. The standard InChI is InChI=1S/C8H16N2O/c1-10(2)7-5-11-8-4-9-3-6(7)8/h6-9H,3-5H2,1-2H3. The molecule has 1 N–H and O–H groups in total. The molecule has 3 heteroatoms. The topological polar surface area (TPSA) is 24.5 Å². The van der Waals surface area contributed by atoms with E-state index in [4.69, 9.17) is 4.74 Å². The second-order valence-corrected chi connectivity index (χ2v) is 3.72. The van der Waals surface area contributed by atoms with E-state index in [0.717, 1.165) is 25.6 Å². The molecule has 0 saturated carbocycles. The smallest absolute Gasteiger partial charge is 0.0756 e. The number of ether oxygens (including phenoxy) is 1. The third kappa shape index (κ3) is 1.17. The molecule has 0 aliphatic carbocycles. The van der Waals surface area contributed by atoms with Crippen LogP contribution in [-0.4, -0.2) is 50.8 Å². The van der Waals surface area contributed by atoms with Crippen molar-refractivity contribution in [2.75, 3.05) is 33.8 Å². The highest BCUT2D eigenvalue weighted by atomic mass is 16.5. The molecule has 2 aliphatic heterocycles. The molecule has 2 aliphatic rings. The molecule has 0 radical (unpaired) electrons. The summed E-state index contributed by atoms with van der Waals surface area (Å²) < 4.78 is 5.65. The van der Waals surface area contributed by atoms with Crippen LogP contribution in [0.5, 0.6) is 0 Å². The van der Waals surface area contributed by atoms with E-state index in [2.05, 4.69) is 24.3 Å². The molecular formula is C8H16N2O. The van der Waals surface area contributed by atoms with Gasteiger partial charge in [0.2, 0.25) is 0 Å². The highest BCUT2D eigenvalue weighted by Crippen LogP contribution is 2.26. The summed E-state index contributed by atoms with van der Waals surface area (Å²) in [5.74, 6) is 0.727. The molecule has 3 nitrogen and oxygen atoms in total. The largest absolute Gasteiger partial charge is 0.375 e. The van der Waals surface area contributed by atoms with Crippen LogP contribution in [0.3, 0.4) is 0 Å². The second-order valence-electron chi connectivity index (χ2n) is 3.72.